The van der Waals surface area contributed by atoms with Crippen molar-refractivity contribution in [3.63, 3.8) is 0 Å². The summed E-state index contributed by atoms with van der Waals surface area (Å²) in [7, 11) is 0. The molecule has 3 aromatic rings. The summed E-state index contributed by atoms with van der Waals surface area (Å²) >= 11 is 21.4. The zero-order chi connectivity index (χ0) is 13.9. The summed E-state index contributed by atoms with van der Waals surface area (Å²) < 4.78 is 11.7. The molecule has 98 valence electrons. The summed E-state index contributed by atoms with van der Waals surface area (Å²) in [4.78, 5) is 0. The maximum atomic E-state index is 5.99. The van der Waals surface area contributed by atoms with Crippen LogP contribution in [0.2, 0.25) is 0 Å². The molecule has 1 heterocycles. The van der Waals surface area contributed by atoms with Gasteiger partial charge in [0.05, 0.1) is 8.95 Å². The Morgan fingerprint density at radius 1 is 0.579 bits per heavy atom. The Hall–Kier alpha value is 1.12. The van der Waals surface area contributed by atoms with Crippen molar-refractivity contribution in [1.29, 1.82) is 0 Å². The highest BCUT2D eigenvalue weighted by Crippen LogP contribution is 2.47. The van der Waals surface area contributed by atoms with Gasteiger partial charge < -0.3 is 4.42 Å². The molecule has 1 aromatic heterocycles. The first-order valence-electron chi connectivity index (χ1n) is 4.95. The van der Waals surface area contributed by atoms with E-state index in [1.807, 2.05) is 12.1 Å². The quantitative estimate of drug-likeness (QED) is 0.226. The summed E-state index contributed by atoms with van der Waals surface area (Å²) in [6.45, 7) is 0. The molecule has 0 N–H and O–H groups in total. The SMILES string of the molecule is Brc1cc(Br)c2oc3c(Br)cc(Br)c(Br)c3c2c1Br. The highest BCUT2D eigenvalue weighted by Gasteiger charge is 2.20. The predicted octanol–water partition coefficient (Wildman–Crippen LogP) is 8.16. The van der Waals surface area contributed by atoms with Crippen LogP contribution >= 0.6 is 95.6 Å². The van der Waals surface area contributed by atoms with Gasteiger partial charge in [0, 0.05) is 28.7 Å². The Labute approximate surface area is 159 Å². The normalized spacial score (nSPS) is 11.7. The predicted molar refractivity (Wildman–Crippen MR) is 99.9 cm³/mol. The van der Waals surface area contributed by atoms with E-state index in [0.29, 0.717) is 0 Å². The van der Waals surface area contributed by atoms with Crippen LogP contribution in [-0.2, 0) is 0 Å². The Morgan fingerprint density at radius 2 is 0.947 bits per heavy atom. The molecular weight excluding hydrogens is 640 g/mol. The van der Waals surface area contributed by atoms with Crippen molar-refractivity contribution >= 4 is 118 Å². The lowest BCUT2D eigenvalue weighted by atomic mass is 10.1. The minimum atomic E-state index is 0.810. The Morgan fingerprint density at radius 3 is 1.32 bits per heavy atom. The maximum Gasteiger partial charge on any atom is 0.150 e. The van der Waals surface area contributed by atoms with Crippen LogP contribution < -0.4 is 0 Å². The van der Waals surface area contributed by atoms with E-state index in [-0.39, 0.29) is 0 Å². The minimum absolute atomic E-state index is 0.810. The van der Waals surface area contributed by atoms with E-state index in [4.69, 9.17) is 4.42 Å². The van der Waals surface area contributed by atoms with E-state index in [0.717, 1.165) is 48.8 Å². The molecule has 0 unspecified atom stereocenters. The van der Waals surface area contributed by atoms with Gasteiger partial charge in [0.1, 0.15) is 0 Å². The van der Waals surface area contributed by atoms with Crippen LogP contribution in [0.5, 0.6) is 0 Å². The number of fused-ring (bicyclic) bond motifs is 3. The Kier molecular flexibility index (Phi) is 4.27. The third kappa shape index (κ3) is 2.32. The van der Waals surface area contributed by atoms with Crippen molar-refractivity contribution in [1.82, 2.24) is 0 Å². The number of furan rings is 1. The molecule has 0 aliphatic rings. The average Bonchev–Trinajstić information content (AvgIpc) is 2.75. The second-order valence-corrected chi connectivity index (χ2v) is 8.82. The van der Waals surface area contributed by atoms with E-state index in [1.165, 1.54) is 0 Å². The number of rotatable bonds is 0. The molecule has 0 bridgehead atoms. The second kappa shape index (κ2) is 5.39. The molecular formula is C12H2Br6O. The van der Waals surface area contributed by atoms with Crippen molar-refractivity contribution in [2.24, 2.45) is 0 Å². The van der Waals surface area contributed by atoms with Gasteiger partial charge in [0.15, 0.2) is 11.2 Å². The smallest absolute Gasteiger partial charge is 0.150 e. The van der Waals surface area contributed by atoms with Crippen molar-refractivity contribution in [2.75, 3.05) is 0 Å². The molecule has 0 aliphatic carbocycles. The lowest BCUT2D eigenvalue weighted by Crippen LogP contribution is -1.78. The van der Waals surface area contributed by atoms with Crippen LogP contribution in [0.3, 0.4) is 0 Å². The zero-order valence-corrected chi connectivity index (χ0v) is 18.3. The van der Waals surface area contributed by atoms with Gasteiger partial charge in [0.25, 0.3) is 0 Å². The number of benzene rings is 2. The van der Waals surface area contributed by atoms with Crippen molar-refractivity contribution < 1.29 is 4.42 Å². The topological polar surface area (TPSA) is 13.1 Å². The van der Waals surface area contributed by atoms with Crippen molar-refractivity contribution in [2.45, 2.75) is 0 Å². The molecule has 0 saturated carbocycles. The van der Waals surface area contributed by atoms with Crippen molar-refractivity contribution in [3.05, 3.63) is 39.0 Å². The number of hydrogen-bond acceptors (Lipinski definition) is 1. The van der Waals surface area contributed by atoms with Crippen molar-refractivity contribution in [3.8, 4) is 0 Å². The fourth-order valence-corrected chi connectivity index (χ4v) is 5.38. The molecule has 0 atom stereocenters. The molecule has 7 heteroatoms. The van der Waals surface area contributed by atoms with Gasteiger partial charge in [-0.3, -0.25) is 0 Å². The second-order valence-electron chi connectivity index (χ2n) is 3.82. The fraction of sp³-hybridized carbons (Fsp3) is 0. The molecule has 0 spiro atoms. The number of hydrogen-bond donors (Lipinski definition) is 0. The molecule has 0 radical (unpaired) electrons. The third-order valence-corrected chi connectivity index (χ3v) is 7.85. The van der Waals surface area contributed by atoms with Crippen LogP contribution in [0, 0.1) is 0 Å². The Balaban J connectivity index is 2.71. The molecule has 0 fully saturated rings. The summed E-state index contributed by atoms with van der Waals surface area (Å²) in [6.07, 6.45) is 0. The molecule has 1 nitrogen and oxygen atoms in total. The highest BCUT2D eigenvalue weighted by molar-refractivity contribution is 9.13. The van der Waals surface area contributed by atoms with E-state index < -0.39 is 0 Å². The molecule has 0 aliphatic heterocycles. The summed E-state index contributed by atoms with van der Waals surface area (Å²) in [5, 5.41) is 2.04. The van der Waals surface area contributed by atoms with Gasteiger partial charge in [-0.2, -0.15) is 0 Å². The van der Waals surface area contributed by atoms with Crippen LogP contribution in [0.25, 0.3) is 21.9 Å². The van der Waals surface area contributed by atoms with Crippen LogP contribution in [0.1, 0.15) is 0 Å². The molecule has 3 rings (SSSR count). The van der Waals surface area contributed by atoms with Gasteiger partial charge in [-0.1, -0.05) is 0 Å². The van der Waals surface area contributed by atoms with Gasteiger partial charge in [0.2, 0.25) is 0 Å². The Bertz CT molecular complexity index is 767. The van der Waals surface area contributed by atoms with E-state index in [9.17, 15) is 0 Å². The summed E-state index contributed by atoms with van der Waals surface area (Å²) in [5.74, 6) is 0. The van der Waals surface area contributed by atoms with E-state index >= 15 is 0 Å². The average molecular weight is 642 g/mol. The van der Waals surface area contributed by atoms with Crippen LogP contribution in [0.4, 0.5) is 0 Å². The molecule has 0 saturated heterocycles. The first-order valence-corrected chi connectivity index (χ1v) is 9.70. The molecule has 0 amide bonds. The van der Waals surface area contributed by atoms with Gasteiger partial charge >= 0.3 is 0 Å². The molecule has 2 aromatic carbocycles. The standard InChI is InChI=1S/C12H2Br6O/c13-3-1-5(15)11-7(9(3)17)8-10(18)4(14)2-6(16)12(8)19-11/h1-2H. The van der Waals surface area contributed by atoms with Crippen LogP contribution in [-0.4, -0.2) is 0 Å². The first-order chi connectivity index (χ1) is 8.91. The van der Waals surface area contributed by atoms with E-state index in [2.05, 4.69) is 95.6 Å². The lowest BCUT2D eigenvalue weighted by molar-refractivity contribution is 0.664. The largest absolute Gasteiger partial charge is 0.454 e. The summed E-state index contributed by atoms with van der Waals surface area (Å²) in [6, 6.07) is 3.93. The first kappa shape index (κ1) is 15.0. The minimum Gasteiger partial charge on any atom is -0.454 e. The third-order valence-electron chi connectivity index (χ3n) is 2.71. The fourth-order valence-electron chi connectivity index (χ4n) is 1.91. The van der Waals surface area contributed by atoms with Gasteiger partial charge in [-0.25, -0.2) is 0 Å². The highest BCUT2D eigenvalue weighted by atomic mass is 79.9. The summed E-state index contributed by atoms with van der Waals surface area (Å²) in [5.41, 5.74) is 1.62. The zero-order valence-electron chi connectivity index (χ0n) is 8.83. The van der Waals surface area contributed by atoms with Gasteiger partial charge in [-0.15, -0.1) is 0 Å². The van der Waals surface area contributed by atoms with Crippen LogP contribution in [0.15, 0.2) is 43.4 Å². The lowest BCUT2D eigenvalue weighted by Gasteiger charge is -2.02. The maximum absolute atomic E-state index is 5.99. The van der Waals surface area contributed by atoms with E-state index in [1.54, 1.807) is 0 Å². The monoisotopic (exact) mass is 636 g/mol. The number of halogens is 6. The van der Waals surface area contributed by atoms with Gasteiger partial charge in [-0.05, 0) is 108 Å². The molecule has 19 heavy (non-hydrogen) atoms.